The van der Waals surface area contributed by atoms with Gasteiger partial charge in [-0.15, -0.1) is 0 Å². The molecule has 0 unspecified atom stereocenters. The smallest absolute Gasteiger partial charge is 0.258 e. The number of hydrogen-bond donors (Lipinski definition) is 0. The third-order valence-electron chi connectivity index (χ3n) is 4.68. The van der Waals surface area contributed by atoms with E-state index in [9.17, 15) is 9.59 Å². The average Bonchev–Trinajstić information content (AvgIpc) is 2.67. The highest BCUT2D eigenvalue weighted by atomic mass is 79.9. The zero-order chi connectivity index (χ0) is 18.5. The number of nitrogens with zero attached hydrogens (tertiary/aromatic N) is 2. The molecule has 1 saturated heterocycles. The predicted octanol–water partition coefficient (Wildman–Crippen LogP) is 4.42. The Morgan fingerprint density at radius 1 is 0.962 bits per heavy atom. The number of anilines is 1. The van der Waals surface area contributed by atoms with Crippen molar-refractivity contribution in [2.24, 2.45) is 0 Å². The second kappa shape index (κ2) is 8.49. The molecule has 0 aliphatic carbocycles. The number of halogens is 1. The molecule has 4 nitrogen and oxygen atoms in total. The molecule has 0 bridgehead atoms. The summed E-state index contributed by atoms with van der Waals surface area (Å²) in [7, 11) is 0. The molecule has 2 aromatic rings. The van der Waals surface area contributed by atoms with Crippen LogP contribution in [0.3, 0.4) is 0 Å². The molecule has 1 aliphatic rings. The van der Waals surface area contributed by atoms with Gasteiger partial charge in [-0.3, -0.25) is 14.5 Å². The van der Waals surface area contributed by atoms with E-state index in [1.54, 1.807) is 17.0 Å². The fraction of sp³-hybridized carbons (Fsp3) is 0.333. The highest BCUT2D eigenvalue weighted by molar-refractivity contribution is 9.10. The maximum absolute atomic E-state index is 13.1. The lowest BCUT2D eigenvalue weighted by molar-refractivity contribution is -0.130. The third kappa shape index (κ3) is 4.52. The number of carbonyl (C=O) groups is 2. The van der Waals surface area contributed by atoms with Crippen LogP contribution in [0.2, 0.25) is 0 Å². The van der Waals surface area contributed by atoms with E-state index in [-0.39, 0.29) is 18.4 Å². The van der Waals surface area contributed by atoms with Crippen molar-refractivity contribution in [1.29, 1.82) is 0 Å². The Labute approximate surface area is 162 Å². The number of rotatable bonds is 4. The van der Waals surface area contributed by atoms with Gasteiger partial charge < -0.3 is 4.90 Å². The normalized spacial score (nSPS) is 14.2. The Balaban J connectivity index is 1.85. The molecule has 1 heterocycles. The fourth-order valence-electron chi connectivity index (χ4n) is 3.13. The lowest BCUT2D eigenvalue weighted by Gasteiger charge is -2.30. The zero-order valence-corrected chi connectivity index (χ0v) is 16.5. The molecule has 2 aromatic carbocycles. The van der Waals surface area contributed by atoms with E-state index in [2.05, 4.69) is 15.9 Å². The molecule has 1 aliphatic heterocycles. The van der Waals surface area contributed by atoms with Gasteiger partial charge in [-0.2, -0.15) is 0 Å². The van der Waals surface area contributed by atoms with Crippen LogP contribution in [-0.4, -0.2) is 36.3 Å². The van der Waals surface area contributed by atoms with Crippen molar-refractivity contribution in [1.82, 2.24) is 4.90 Å². The van der Waals surface area contributed by atoms with Crippen molar-refractivity contribution in [2.75, 3.05) is 24.5 Å². The lowest BCUT2D eigenvalue weighted by atomic mass is 10.1. The van der Waals surface area contributed by atoms with Crippen molar-refractivity contribution >= 4 is 33.4 Å². The Hall–Kier alpha value is -2.14. The molecule has 0 N–H and O–H groups in total. The molecule has 3 rings (SSSR count). The van der Waals surface area contributed by atoms with Crippen LogP contribution >= 0.6 is 15.9 Å². The average molecular weight is 415 g/mol. The maximum atomic E-state index is 13.1. The van der Waals surface area contributed by atoms with E-state index in [1.807, 2.05) is 48.2 Å². The Kier molecular flexibility index (Phi) is 6.09. The largest absolute Gasteiger partial charge is 0.341 e. The topological polar surface area (TPSA) is 40.6 Å². The summed E-state index contributed by atoms with van der Waals surface area (Å²) in [6.45, 7) is 3.64. The summed E-state index contributed by atoms with van der Waals surface area (Å²) in [5.41, 5.74) is 2.43. The van der Waals surface area contributed by atoms with E-state index in [0.717, 1.165) is 41.7 Å². The molecule has 0 atom stereocenters. The van der Waals surface area contributed by atoms with Crippen LogP contribution in [0.25, 0.3) is 0 Å². The highest BCUT2D eigenvalue weighted by Crippen LogP contribution is 2.20. The van der Waals surface area contributed by atoms with Crippen LogP contribution in [0.4, 0.5) is 5.69 Å². The quantitative estimate of drug-likeness (QED) is 0.742. The summed E-state index contributed by atoms with van der Waals surface area (Å²) >= 11 is 3.39. The van der Waals surface area contributed by atoms with E-state index in [1.165, 1.54) is 6.42 Å². The van der Waals surface area contributed by atoms with Gasteiger partial charge in [0.05, 0.1) is 0 Å². The predicted molar refractivity (Wildman–Crippen MR) is 107 cm³/mol. The number of aryl methyl sites for hydroxylation is 1. The summed E-state index contributed by atoms with van der Waals surface area (Å²) < 4.78 is 0.917. The molecule has 0 aromatic heterocycles. The van der Waals surface area contributed by atoms with Crippen LogP contribution < -0.4 is 4.90 Å². The monoisotopic (exact) mass is 414 g/mol. The molecule has 2 amide bonds. The molecular weight excluding hydrogens is 392 g/mol. The zero-order valence-electron chi connectivity index (χ0n) is 15.0. The second-order valence-electron chi connectivity index (χ2n) is 6.68. The van der Waals surface area contributed by atoms with Gasteiger partial charge in [-0.25, -0.2) is 0 Å². The number of amides is 2. The maximum Gasteiger partial charge on any atom is 0.258 e. The van der Waals surface area contributed by atoms with Gasteiger partial charge in [0.15, 0.2) is 0 Å². The van der Waals surface area contributed by atoms with Crippen LogP contribution in [0.5, 0.6) is 0 Å². The summed E-state index contributed by atoms with van der Waals surface area (Å²) in [6, 6.07) is 15.0. The van der Waals surface area contributed by atoms with Crippen LogP contribution in [-0.2, 0) is 4.79 Å². The van der Waals surface area contributed by atoms with Crippen LogP contribution in [0.15, 0.2) is 53.0 Å². The minimum Gasteiger partial charge on any atom is -0.341 e. The number of carbonyl (C=O) groups excluding carboxylic acids is 2. The first-order chi connectivity index (χ1) is 12.5. The molecule has 0 saturated carbocycles. The summed E-state index contributed by atoms with van der Waals surface area (Å²) in [6.07, 6.45) is 3.25. The minimum absolute atomic E-state index is 0.00994. The number of hydrogen-bond acceptors (Lipinski definition) is 2. The SMILES string of the molecule is Cc1ccc(N(CC(=O)N2CCCCC2)C(=O)c2ccc(Br)cc2)cc1. The molecule has 136 valence electrons. The van der Waals surface area contributed by atoms with Gasteiger partial charge in [0.25, 0.3) is 5.91 Å². The van der Waals surface area contributed by atoms with Crippen molar-refractivity contribution in [3.63, 3.8) is 0 Å². The molecule has 1 fully saturated rings. The second-order valence-corrected chi connectivity index (χ2v) is 7.59. The van der Waals surface area contributed by atoms with Crippen molar-refractivity contribution in [3.8, 4) is 0 Å². The fourth-order valence-corrected chi connectivity index (χ4v) is 3.40. The van der Waals surface area contributed by atoms with Crippen molar-refractivity contribution in [3.05, 3.63) is 64.1 Å². The van der Waals surface area contributed by atoms with Crippen LogP contribution in [0, 0.1) is 6.92 Å². The Morgan fingerprint density at radius 3 is 2.19 bits per heavy atom. The van der Waals surface area contributed by atoms with Crippen LogP contribution in [0.1, 0.15) is 35.2 Å². The molecule has 26 heavy (non-hydrogen) atoms. The number of likely N-dealkylation sites (tertiary alicyclic amines) is 1. The van der Waals surface area contributed by atoms with Crippen molar-refractivity contribution < 1.29 is 9.59 Å². The van der Waals surface area contributed by atoms with Gasteiger partial charge in [-0.05, 0) is 62.6 Å². The molecule has 0 spiro atoms. The van der Waals surface area contributed by atoms with E-state index in [0.29, 0.717) is 5.56 Å². The van der Waals surface area contributed by atoms with Gasteiger partial charge in [-0.1, -0.05) is 33.6 Å². The van der Waals surface area contributed by atoms with Gasteiger partial charge in [0, 0.05) is 28.8 Å². The van der Waals surface area contributed by atoms with E-state index in [4.69, 9.17) is 0 Å². The highest BCUT2D eigenvalue weighted by Gasteiger charge is 2.24. The summed E-state index contributed by atoms with van der Waals surface area (Å²) in [5, 5.41) is 0. The van der Waals surface area contributed by atoms with Gasteiger partial charge in [0.2, 0.25) is 5.91 Å². The third-order valence-corrected chi connectivity index (χ3v) is 5.21. The molecular formula is C21H23BrN2O2. The van der Waals surface area contributed by atoms with Gasteiger partial charge in [0.1, 0.15) is 6.54 Å². The molecule has 0 radical (unpaired) electrons. The first-order valence-corrected chi connectivity index (χ1v) is 9.76. The van der Waals surface area contributed by atoms with Crippen molar-refractivity contribution in [2.45, 2.75) is 26.2 Å². The van der Waals surface area contributed by atoms with E-state index < -0.39 is 0 Å². The number of benzene rings is 2. The van der Waals surface area contributed by atoms with E-state index >= 15 is 0 Å². The summed E-state index contributed by atoms with van der Waals surface area (Å²) in [4.78, 5) is 29.3. The molecule has 5 heteroatoms. The first kappa shape index (κ1) is 18.6. The standard InChI is InChI=1S/C21H23BrN2O2/c1-16-5-11-19(12-6-16)24(15-20(25)23-13-3-2-4-14-23)21(26)17-7-9-18(22)10-8-17/h5-12H,2-4,13-15H2,1H3. The lowest BCUT2D eigenvalue weighted by Crippen LogP contribution is -2.45. The Bertz CT molecular complexity index is 766. The number of piperidine rings is 1. The first-order valence-electron chi connectivity index (χ1n) is 8.96. The van der Waals surface area contributed by atoms with Gasteiger partial charge >= 0.3 is 0 Å². The summed E-state index contributed by atoms with van der Waals surface area (Å²) in [5.74, 6) is -0.151. The minimum atomic E-state index is -0.160. The Morgan fingerprint density at radius 2 is 1.58 bits per heavy atom.